The van der Waals surface area contributed by atoms with Crippen LogP contribution in [0, 0.1) is 33.6 Å². The van der Waals surface area contributed by atoms with Crippen molar-refractivity contribution in [2.75, 3.05) is 0 Å². The maximum absolute atomic E-state index is 2.31. The van der Waals surface area contributed by atoms with Crippen molar-refractivity contribution in [3.63, 3.8) is 0 Å². The van der Waals surface area contributed by atoms with E-state index in [2.05, 4.69) is 47.6 Å². The lowest BCUT2D eigenvalue weighted by Crippen LogP contribution is -2.01. The Morgan fingerprint density at radius 1 is 0.933 bits per heavy atom. The van der Waals surface area contributed by atoms with Crippen LogP contribution < -0.4 is 0 Å². The van der Waals surface area contributed by atoms with Crippen LogP contribution in [0.2, 0.25) is 0 Å². The van der Waals surface area contributed by atoms with Crippen molar-refractivity contribution in [2.45, 2.75) is 54.4 Å². The van der Waals surface area contributed by atoms with Crippen molar-refractivity contribution < 1.29 is 0 Å². The Morgan fingerprint density at radius 2 is 1.40 bits per heavy atom. The van der Waals surface area contributed by atoms with Crippen molar-refractivity contribution in [1.29, 1.82) is 0 Å². The van der Waals surface area contributed by atoms with Gasteiger partial charge in [0.25, 0.3) is 0 Å². The van der Waals surface area contributed by atoms with E-state index < -0.39 is 0 Å². The molecule has 1 aromatic rings. The highest BCUT2D eigenvalue weighted by molar-refractivity contribution is 5.44. The summed E-state index contributed by atoms with van der Waals surface area (Å²) in [6.07, 6.45) is 2.53. The fraction of sp³-hybridized carbons (Fsp3) is 0.600. The highest BCUT2D eigenvalue weighted by Crippen LogP contribution is 2.23. The fourth-order valence-corrected chi connectivity index (χ4v) is 2.11. The second-order valence-corrected chi connectivity index (χ2v) is 5.17. The summed E-state index contributed by atoms with van der Waals surface area (Å²) in [4.78, 5) is 0. The van der Waals surface area contributed by atoms with Gasteiger partial charge < -0.3 is 0 Å². The average Bonchev–Trinajstić information content (AvgIpc) is 2.14. The number of benzene rings is 1. The van der Waals surface area contributed by atoms with Crippen LogP contribution in [-0.4, -0.2) is 0 Å². The topological polar surface area (TPSA) is 0 Å². The van der Waals surface area contributed by atoms with Crippen molar-refractivity contribution in [1.82, 2.24) is 0 Å². The summed E-state index contributed by atoms with van der Waals surface area (Å²) in [6, 6.07) is 2.31. The highest BCUT2D eigenvalue weighted by Gasteiger charge is 2.08. The summed E-state index contributed by atoms with van der Waals surface area (Å²) in [6.45, 7) is 13.6. The van der Waals surface area contributed by atoms with Crippen LogP contribution in [-0.2, 0) is 6.42 Å². The third kappa shape index (κ3) is 2.84. The van der Waals surface area contributed by atoms with Gasteiger partial charge >= 0.3 is 0 Å². The Hall–Kier alpha value is -0.780. The lowest BCUT2D eigenvalue weighted by Gasteiger charge is -2.16. The smallest absolute Gasteiger partial charge is 0.0271 e. The van der Waals surface area contributed by atoms with Crippen molar-refractivity contribution >= 4 is 0 Å². The first-order valence-corrected chi connectivity index (χ1v) is 5.99. The van der Waals surface area contributed by atoms with E-state index in [0.717, 1.165) is 5.92 Å². The van der Waals surface area contributed by atoms with Crippen LogP contribution in [0.15, 0.2) is 6.07 Å². The van der Waals surface area contributed by atoms with Gasteiger partial charge in [0.1, 0.15) is 0 Å². The number of aryl methyl sites for hydroxylation is 2. The van der Waals surface area contributed by atoms with E-state index in [0.29, 0.717) is 0 Å². The standard InChI is InChI=1S/C15H24/c1-10(2)7-8-15-13(5)11(3)9-12(4)14(15)6/h9-10H,7-8H2,1-6H3. The first-order valence-electron chi connectivity index (χ1n) is 5.99. The number of hydrogen-bond acceptors (Lipinski definition) is 0. The summed E-state index contributed by atoms with van der Waals surface area (Å²) >= 11 is 0. The molecule has 1 aromatic carbocycles. The summed E-state index contributed by atoms with van der Waals surface area (Å²) in [7, 11) is 0. The molecule has 0 aliphatic heterocycles. The van der Waals surface area contributed by atoms with Crippen LogP contribution >= 0.6 is 0 Å². The zero-order chi connectivity index (χ0) is 11.6. The third-order valence-electron chi connectivity index (χ3n) is 3.49. The molecule has 0 radical (unpaired) electrons. The molecule has 0 heterocycles. The van der Waals surface area contributed by atoms with Gasteiger partial charge in [-0.2, -0.15) is 0 Å². The van der Waals surface area contributed by atoms with Crippen LogP contribution in [0.4, 0.5) is 0 Å². The molecule has 0 aromatic heterocycles. The van der Waals surface area contributed by atoms with E-state index in [1.807, 2.05) is 0 Å². The van der Waals surface area contributed by atoms with Gasteiger partial charge in [-0.3, -0.25) is 0 Å². The molecule has 0 aliphatic rings. The van der Waals surface area contributed by atoms with Crippen LogP contribution in [0.3, 0.4) is 0 Å². The van der Waals surface area contributed by atoms with Crippen molar-refractivity contribution in [3.8, 4) is 0 Å². The first-order chi connectivity index (χ1) is 6.93. The maximum Gasteiger partial charge on any atom is -0.0271 e. The second kappa shape index (κ2) is 4.83. The minimum absolute atomic E-state index is 0.796. The maximum atomic E-state index is 2.31. The van der Waals surface area contributed by atoms with E-state index in [1.54, 1.807) is 5.56 Å². The predicted molar refractivity (Wildman–Crippen MR) is 68.5 cm³/mol. The number of hydrogen-bond donors (Lipinski definition) is 0. The van der Waals surface area contributed by atoms with Crippen molar-refractivity contribution in [3.05, 3.63) is 33.9 Å². The quantitative estimate of drug-likeness (QED) is 0.679. The van der Waals surface area contributed by atoms with E-state index in [4.69, 9.17) is 0 Å². The Labute approximate surface area is 94.7 Å². The second-order valence-electron chi connectivity index (χ2n) is 5.17. The first kappa shape index (κ1) is 12.3. The molecule has 0 unspecified atom stereocenters. The minimum atomic E-state index is 0.796. The Morgan fingerprint density at radius 3 is 1.80 bits per heavy atom. The van der Waals surface area contributed by atoms with E-state index in [1.165, 1.54) is 35.1 Å². The lowest BCUT2D eigenvalue weighted by molar-refractivity contribution is 0.584. The summed E-state index contributed by atoms with van der Waals surface area (Å²) < 4.78 is 0. The molecule has 0 amide bonds. The molecular weight excluding hydrogens is 180 g/mol. The normalized spacial score (nSPS) is 11.1. The zero-order valence-electron chi connectivity index (χ0n) is 11.1. The molecule has 0 bridgehead atoms. The number of rotatable bonds is 3. The van der Waals surface area contributed by atoms with E-state index >= 15 is 0 Å². The fourth-order valence-electron chi connectivity index (χ4n) is 2.11. The Balaban J connectivity index is 3.04. The molecule has 0 saturated carbocycles. The molecule has 0 fully saturated rings. The lowest BCUT2D eigenvalue weighted by atomic mass is 9.90. The summed E-state index contributed by atoms with van der Waals surface area (Å²) in [5, 5.41) is 0. The third-order valence-corrected chi connectivity index (χ3v) is 3.49. The average molecular weight is 204 g/mol. The van der Waals surface area contributed by atoms with Gasteiger partial charge in [-0.1, -0.05) is 19.9 Å². The van der Waals surface area contributed by atoms with Gasteiger partial charge in [-0.05, 0) is 74.3 Å². The van der Waals surface area contributed by atoms with Gasteiger partial charge in [0.2, 0.25) is 0 Å². The molecule has 0 spiro atoms. The molecule has 0 saturated heterocycles. The highest BCUT2D eigenvalue weighted by atomic mass is 14.1. The van der Waals surface area contributed by atoms with E-state index in [9.17, 15) is 0 Å². The Bertz CT molecular complexity index is 319. The molecule has 0 aliphatic carbocycles. The molecular formula is C15H24. The van der Waals surface area contributed by atoms with Crippen molar-refractivity contribution in [2.24, 2.45) is 5.92 Å². The largest absolute Gasteiger partial charge is 0.0628 e. The van der Waals surface area contributed by atoms with Gasteiger partial charge in [-0.25, -0.2) is 0 Å². The van der Waals surface area contributed by atoms with Crippen LogP contribution in [0.25, 0.3) is 0 Å². The van der Waals surface area contributed by atoms with E-state index in [-0.39, 0.29) is 0 Å². The summed E-state index contributed by atoms with van der Waals surface area (Å²) in [5.41, 5.74) is 7.47. The van der Waals surface area contributed by atoms with Gasteiger partial charge in [-0.15, -0.1) is 0 Å². The Kier molecular flexibility index (Phi) is 3.96. The molecule has 1 rings (SSSR count). The zero-order valence-corrected chi connectivity index (χ0v) is 11.1. The molecule has 0 atom stereocenters. The van der Waals surface area contributed by atoms with Gasteiger partial charge in [0.15, 0.2) is 0 Å². The molecule has 84 valence electrons. The SMILES string of the molecule is Cc1cc(C)c(C)c(CCC(C)C)c1C. The summed E-state index contributed by atoms with van der Waals surface area (Å²) in [5.74, 6) is 0.796. The molecule has 0 N–H and O–H groups in total. The van der Waals surface area contributed by atoms with Gasteiger partial charge in [0.05, 0.1) is 0 Å². The van der Waals surface area contributed by atoms with Gasteiger partial charge in [0, 0.05) is 0 Å². The molecule has 15 heavy (non-hydrogen) atoms. The minimum Gasteiger partial charge on any atom is -0.0628 e. The monoisotopic (exact) mass is 204 g/mol. The molecule has 0 nitrogen and oxygen atoms in total. The van der Waals surface area contributed by atoms with Crippen LogP contribution in [0.5, 0.6) is 0 Å². The van der Waals surface area contributed by atoms with Crippen LogP contribution in [0.1, 0.15) is 48.1 Å². The molecule has 0 heteroatoms. The predicted octanol–water partition coefficient (Wildman–Crippen LogP) is 4.51.